The smallest absolute Gasteiger partial charge is 0.332 e. The maximum atomic E-state index is 14.8. The van der Waals surface area contributed by atoms with Crippen LogP contribution in [-0.4, -0.2) is 186 Å². The number of benzene rings is 1. The van der Waals surface area contributed by atoms with Crippen molar-refractivity contribution in [1.29, 1.82) is 0 Å². The average Bonchev–Trinajstić information content (AvgIpc) is 3.98. The van der Waals surface area contributed by atoms with Crippen molar-refractivity contribution in [2.24, 2.45) is 11.8 Å². The van der Waals surface area contributed by atoms with Crippen LogP contribution in [0, 0.1) is 11.8 Å². The molecule has 444 valence electrons. The lowest BCUT2D eigenvalue weighted by Gasteiger charge is -2.30. The fourth-order valence-corrected chi connectivity index (χ4v) is 10.8. The molecule has 0 spiro atoms. The van der Waals surface area contributed by atoms with Gasteiger partial charge < -0.3 is 67.3 Å². The second kappa shape index (κ2) is 29.4. The second-order valence-electron chi connectivity index (χ2n) is 21.4. The zero-order chi connectivity index (χ0) is 60.0. The van der Waals surface area contributed by atoms with E-state index >= 15 is 0 Å². The largest absolute Gasteiger partial charge is 0.478 e. The van der Waals surface area contributed by atoms with Crippen LogP contribution in [0.4, 0.5) is 0 Å². The summed E-state index contributed by atoms with van der Waals surface area (Å²) in [5, 5.41) is 67.5. The van der Waals surface area contributed by atoms with Gasteiger partial charge in [0.25, 0.3) is 5.91 Å². The monoisotopic (exact) mass is 1170 g/mol. The molecule has 0 saturated carbocycles. The van der Waals surface area contributed by atoms with Gasteiger partial charge in [-0.15, -0.1) is 11.8 Å². The van der Waals surface area contributed by atoms with E-state index in [0.29, 0.717) is 27.1 Å². The van der Waals surface area contributed by atoms with E-state index in [0.717, 1.165) is 16.7 Å². The first-order chi connectivity index (χ1) is 38.1. The van der Waals surface area contributed by atoms with Crippen LogP contribution >= 0.6 is 23.4 Å². The van der Waals surface area contributed by atoms with Gasteiger partial charge in [-0.25, -0.2) is 4.79 Å². The minimum atomic E-state index is -1.96. The summed E-state index contributed by atoms with van der Waals surface area (Å²) in [5.41, 5.74) is -0.850. The highest BCUT2D eigenvalue weighted by atomic mass is 35.5. The molecule has 3 aliphatic rings. The van der Waals surface area contributed by atoms with Crippen molar-refractivity contribution in [3.8, 4) is 0 Å². The molecule has 10 atom stereocenters. The summed E-state index contributed by atoms with van der Waals surface area (Å²) in [6.07, 6.45) is -4.38. The number of thioether (sulfide) groups is 1. The Hall–Kier alpha value is -6.58. The van der Waals surface area contributed by atoms with Crippen molar-refractivity contribution in [3.63, 3.8) is 0 Å². The third kappa shape index (κ3) is 18.5. The second-order valence-corrected chi connectivity index (χ2v) is 22.8. The van der Waals surface area contributed by atoms with Gasteiger partial charge in [0.2, 0.25) is 35.4 Å². The van der Waals surface area contributed by atoms with Crippen LogP contribution in [0.1, 0.15) is 110 Å². The Morgan fingerprint density at radius 3 is 2.17 bits per heavy atom. The molecule has 81 heavy (non-hydrogen) atoms. The van der Waals surface area contributed by atoms with Crippen LogP contribution in [-0.2, 0) is 70.4 Å². The number of aromatic amines is 1. The fraction of sp³-hybridized carbons (Fsp3) is 0.593. The molecule has 2 bridgehead atoms. The van der Waals surface area contributed by atoms with E-state index < -0.39 is 144 Å². The molecule has 3 aliphatic heterocycles. The molecule has 12 N–H and O–H groups in total. The molecule has 1 fully saturated rings. The average molecular weight is 1170 g/mol. The molecule has 0 aliphatic carbocycles. The van der Waals surface area contributed by atoms with E-state index in [1.54, 1.807) is 18.2 Å². The molecule has 2 aromatic rings. The number of Topliss-reactive ketones (excluding diaryl/α,β-unsaturated/α-hetero) is 4. The number of ketones is 4. The number of aliphatic hydroxyl groups is 4. The molecule has 27 heteroatoms. The first kappa shape index (κ1) is 65.2. The van der Waals surface area contributed by atoms with Gasteiger partial charge in [0, 0.05) is 100.0 Å². The molecule has 1 unspecified atom stereocenters. The van der Waals surface area contributed by atoms with E-state index in [2.05, 4.69) is 36.9 Å². The van der Waals surface area contributed by atoms with Crippen LogP contribution in [0.25, 0.3) is 10.9 Å². The third-order valence-corrected chi connectivity index (χ3v) is 16.1. The molecule has 7 amide bonds. The number of rotatable bonds is 19. The zero-order valence-electron chi connectivity index (χ0n) is 45.8. The van der Waals surface area contributed by atoms with Gasteiger partial charge in [0.05, 0.1) is 53.0 Å². The number of hydrogen-bond donors (Lipinski definition) is 12. The Kier molecular flexibility index (Phi) is 23.7. The van der Waals surface area contributed by atoms with Crippen molar-refractivity contribution in [1.82, 2.24) is 41.8 Å². The Morgan fingerprint density at radius 2 is 1.51 bits per heavy atom. The predicted octanol–water partition coefficient (Wildman–Crippen LogP) is -0.713. The van der Waals surface area contributed by atoms with Crippen LogP contribution in [0.3, 0.4) is 0 Å². The predicted molar refractivity (Wildman–Crippen MR) is 292 cm³/mol. The van der Waals surface area contributed by atoms with E-state index in [-0.39, 0.29) is 106 Å². The number of nitrogens with one attached hydrogen (secondary N) is 7. The zero-order valence-corrected chi connectivity index (χ0v) is 47.4. The van der Waals surface area contributed by atoms with Gasteiger partial charge in [-0.2, -0.15) is 0 Å². The molecular weight excluding hydrogens is 1100 g/mol. The summed E-state index contributed by atoms with van der Waals surface area (Å²) < 4.78 is 0. The Labute approximate surface area is 476 Å². The summed E-state index contributed by atoms with van der Waals surface area (Å²) in [6.45, 7) is 5.24. The number of hydrogen-bond acceptors (Lipinski definition) is 17. The number of nitrogens with zero attached hydrogens (tertiary/aromatic N) is 1. The summed E-state index contributed by atoms with van der Waals surface area (Å²) in [6, 6.07) is -1.90. The first-order valence-electron chi connectivity index (χ1n) is 26.8. The summed E-state index contributed by atoms with van der Waals surface area (Å²) in [5.74, 6) is -11.8. The fourth-order valence-electron chi connectivity index (χ4n) is 9.57. The lowest BCUT2D eigenvalue weighted by molar-refractivity contribution is -0.143. The van der Waals surface area contributed by atoms with Gasteiger partial charge in [-0.3, -0.25) is 52.7 Å². The molecule has 1 aromatic heterocycles. The Bertz CT molecular complexity index is 2800. The van der Waals surface area contributed by atoms with Crippen LogP contribution in [0.2, 0.25) is 0 Å². The van der Waals surface area contributed by atoms with Gasteiger partial charge in [-0.05, 0) is 77.1 Å². The number of halogens is 1. The minimum Gasteiger partial charge on any atom is -0.478 e. The Morgan fingerprint density at radius 1 is 0.840 bits per heavy atom. The molecule has 5 rings (SSSR count). The van der Waals surface area contributed by atoms with Crippen molar-refractivity contribution in [2.75, 3.05) is 32.0 Å². The Balaban J connectivity index is 1.42. The number of carboxylic acids is 1. The molecule has 1 saturated heterocycles. The summed E-state index contributed by atoms with van der Waals surface area (Å²) in [4.78, 5) is 165. The number of carbonyl (C=O) groups is 12. The van der Waals surface area contributed by atoms with E-state index in [9.17, 15) is 78.0 Å². The lowest BCUT2D eigenvalue weighted by atomic mass is 9.89. The number of H-pyrrole nitrogens is 1. The number of fused-ring (bicyclic) bond motifs is 5. The van der Waals surface area contributed by atoms with Crippen LogP contribution < -0.4 is 31.9 Å². The standard InChI is InChI=1S/C54H73ClN8O17S/c1-26(53(78)79)45(55)50(76)57-15-13-32(66)8-6-10-44(71)56-14-7-9-33(67)16-30-11-12-38-36(17-30)37-18-31-19-42(69)27(2)59-49(75)41-20-34(68)23-63(41)52(77)40(24-81-51(37)62-38)61-47(73)35(29(4)65)21-43(70)28(3)58-48(74)39(60-46(31)72)22-54(5,80)25-64/h11-12,17,27-29,31,34-35,39-41,62,64-65,68,80H,6-10,13-16,18-25H2,1-5H3,(H,56,71)(H,57,76)(H,58,74)(H,59,75)(H,60,72)(H,61,73)(H,78,79)/b45-26+/t27-,28-,29?,31+,34+,35+,39+,40+,41-,54+/m0/s1. The number of aromatic nitrogens is 1. The number of aliphatic carboxylic acids is 1. The highest BCUT2D eigenvalue weighted by Crippen LogP contribution is 2.35. The molecule has 4 heterocycles. The minimum absolute atomic E-state index is 0.0191. The lowest BCUT2D eigenvalue weighted by Crippen LogP contribution is -2.57. The van der Waals surface area contributed by atoms with Crippen molar-refractivity contribution >= 4 is 105 Å². The van der Waals surface area contributed by atoms with Gasteiger partial charge in [0.1, 0.15) is 34.7 Å². The van der Waals surface area contributed by atoms with E-state index in [1.165, 1.54) is 34.6 Å². The molecule has 25 nitrogen and oxygen atoms in total. The topological polar surface area (TPSA) is 397 Å². The molecule has 1 aromatic carbocycles. The van der Waals surface area contributed by atoms with E-state index in [1.807, 2.05) is 0 Å². The van der Waals surface area contributed by atoms with Gasteiger partial charge in [-0.1, -0.05) is 17.7 Å². The maximum absolute atomic E-state index is 14.8. The SMILES string of the molecule is C/C(C(=O)O)=C(\Cl)C(=O)NCCC(=O)CCCC(=O)NCCCC(=O)Cc1ccc2[nH]c3c(c2c1)C[C@@H]1CC(=O)[C@H](C)NC(=O)[C@@H]2C[C@@H](O)CN2C(=O)[C@@H](CS3)NC(=O)[C@@H](C(C)O)CC(=O)[C@H](C)NC(=O)[C@@H](C[C@@](C)(O)CO)NC1=O. The first-order valence-corrected chi connectivity index (χ1v) is 28.2. The summed E-state index contributed by atoms with van der Waals surface area (Å²) in [7, 11) is 0. The number of carboxylic acid groups (broad SMARTS) is 1. The highest BCUT2D eigenvalue weighted by molar-refractivity contribution is 7.99. The maximum Gasteiger partial charge on any atom is 0.332 e. The highest BCUT2D eigenvalue weighted by Gasteiger charge is 2.44. The van der Waals surface area contributed by atoms with Crippen LogP contribution in [0.5, 0.6) is 0 Å². The normalized spacial score (nSPS) is 25.0. The van der Waals surface area contributed by atoms with E-state index in [4.69, 9.17) is 16.7 Å². The molecular formula is C54H73ClN8O17S. The quantitative estimate of drug-likeness (QED) is 0.0610. The summed E-state index contributed by atoms with van der Waals surface area (Å²) >= 11 is 6.78. The van der Waals surface area contributed by atoms with Gasteiger partial charge in [0.15, 0.2) is 11.6 Å². The van der Waals surface area contributed by atoms with Crippen molar-refractivity contribution < 1.29 is 83.1 Å². The number of aliphatic hydroxyl groups excluding tert-OH is 3. The van der Waals surface area contributed by atoms with Crippen molar-refractivity contribution in [3.05, 3.63) is 39.9 Å². The van der Waals surface area contributed by atoms with Crippen molar-refractivity contribution in [2.45, 2.75) is 165 Å². The third-order valence-electron chi connectivity index (χ3n) is 14.5. The number of amides is 7. The number of carbonyl (C=O) groups excluding carboxylic acids is 11. The van der Waals surface area contributed by atoms with Gasteiger partial charge >= 0.3 is 5.97 Å². The molecule has 0 radical (unpaired) electrons. The van der Waals surface area contributed by atoms with Crippen LogP contribution in [0.15, 0.2) is 33.8 Å².